The lowest BCUT2D eigenvalue weighted by Crippen LogP contribution is -2.40. The van der Waals surface area contributed by atoms with Gasteiger partial charge < -0.3 is 15.0 Å². The van der Waals surface area contributed by atoms with Crippen molar-refractivity contribution in [2.24, 2.45) is 0 Å². The molecular formula is C14H20N2O3. The van der Waals surface area contributed by atoms with Crippen molar-refractivity contribution in [1.29, 1.82) is 0 Å². The molecule has 0 spiro atoms. The van der Waals surface area contributed by atoms with Gasteiger partial charge in [-0.25, -0.2) is 0 Å². The smallest absolute Gasteiger partial charge is 0.255 e. The van der Waals surface area contributed by atoms with Crippen LogP contribution in [0.2, 0.25) is 0 Å². The van der Waals surface area contributed by atoms with Gasteiger partial charge in [0.15, 0.2) is 0 Å². The molecule has 0 aliphatic heterocycles. The first kappa shape index (κ1) is 15.0. The highest BCUT2D eigenvalue weighted by atomic mass is 16.5. The molecule has 0 radical (unpaired) electrons. The topological polar surface area (TPSA) is 58.6 Å². The van der Waals surface area contributed by atoms with Gasteiger partial charge in [-0.1, -0.05) is 12.1 Å². The lowest BCUT2D eigenvalue weighted by Gasteiger charge is -2.18. The van der Waals surface area contributed by atoms with E-state index in [1.165, 1.54) is 7.11 Å². The van der Waals surface area contributed by atoms with Crippen molar-refractivity contribution in [3.05, 3.63) is 29.8 Å². The third-order valence-corrected chi connectivity index (χ3v) is 2.87. The molecule has 19 heavy (non-hydrogen) atoms. The Kier molecular flexibility index (Phi) is 5.85. The predicted molar refractivity (Wildman–Crippen MR) is 73.3 cm³/mol. The zero-order valence-electron chi connectivity index (χ0n) is 11.6. The van der Waals surface area contributed by atoms with Crippen molar-refractivity contribution in [3.63, 3.8) is 0 Å². The maximum absolute atomic E-state index is 12.0. The van der Waals surface area contributed by atoms with E-state index in [2.05, 4.69) is 5.32 Å². The third-order valence-electron chi connectivity index (χ3n) is 2.87. The number of rotatable bonds is 6. The van der Waals surface area contributed by atoms with Gasteiger partial charge in [0, 0.05) is 13.1 Å². The van der Waals surface area contributed by atoms with E-state index in [4.69, 9.17) is 4.74 Å². The lowest BCUT2D eigenvalue weighted by atomic mass is 10.2. The Hall–Kier alpha value is -2.04. The van der Waals surface area contributed by atoms with E-state index in [0.29, 0.717) is 24.4 Å². The molecule has 5 nitrogen and oxygen atoms in total. The number of hydrogen-bond acceptors (Lipinski definition) is 3. The van der Waals surface area contributed by atoms with Crippen molar-refractivity contribution >= 4 is 11.8 Å². The molecule has 0 fully saturated rings. The minimum absolute atomic E-state index is 0.00143. The minimum atomic E-state index is -0.307. The standard InChI is InChI=1S/C14H20N2O3/c1-4-16(5-2)13(17)10-15-14(18)11-8-6-7-9-12(11)19-3/h6-9H,4-5,10H2,1-3H3,(H,15,18). The summed E-state index contributed by atoms with van der Waals surface area (Å²) in [6.45, 7) is 5.09. The first-order chi connectivity index (χ1) is 9.13. The SMILES string of the molecule is CCN(CC)C(=O)CNC(=O)c1ccccc1OC. The summed E-state index contributed by atoms with van der Waals surface area (Å²) in [6, 6.07) is 6.91. The number of para-hydroxylation sites is 1. The molecular weight excluding hydrogens is 244 g/mol. The van der Waals surface area contributed by atoms with Crippen LogP contribution in [-0.4, -0.2) is 43.5 Å². The molecule has 0 aliphatic rings. The molecule has 0 heterocycles. The van der Waals surface area contributed by atoms with E-state index in [-0.39, 0.29) is 18.4 Å². The Morgan fingerprint density at radius 1 is 1.21 bits per heavy atom. The molecule has 0 unspecified atom stereocenters. The summed E-state index contributed by atoms with van der Waals surface area (Å²) >= 11 is 0. The number of hydrogen-bond donors (Lipinski definition) is 1. The summed E-state index contributed by atoms with van der Waals surface area (Å²) in [5, 5.41) is 2.61. The number of nitrogens with one attached hydrogen (secondary N) is 1. The van der Waals surface area contributed by atoms with Gasteiger partial charge in [0.05, 0.1) is 19.2 Å². The van der Waals surface area contributed by atoms with Gasteiger partial charge in [-0.2, -0.15) is 0 Å². The van der Waals surface area contributed by atoms with Crippen LogP contribution in [0.3, 0.4) is 0 Å². The van der Waals surface area contributed by atoms with Crippen molar-refractivity contribution in [3.8, 4) is 5.75 Å². The minimum Gasteiger partial charge on any atom is -0.496 e. The molecule has 2 amide bonds. The summed E-state index contributed by atoms with van der Waals surface area (Å²) in [5.74, 6) is 0.0986. The van der Waals surface area contributed by atoms with Crippen molar-refractivity contribution in [2.75, 3.05) is 26.7 Å². The Morgan fingerprint density at radius 2 is 1.84 bits per heavy atom. The Labute approximate surface area is 113 Å². The molecule has 0 saturated carbocycles. The Bertz CT molecular complexity index is 442. The number of carbonyl (C=O) groups is 2. The fraction of sp³-hybridized carbons (Fsp3) is 0.429. The van der Waals surface area contributed by atoms with Gasteiger partial charge >= 0.3 is 0 Å². The maximum atomic E-state index is 12.0. The number of methoxy groups -OCH3 is 1. The zero-order chi connectivity index (χ0) is 14.3. The van der Waals surface area contributed by atoms with Crippen LogP contribution >= 0.6 is 0 Å². The van der Waals surface area contributed by atoms with Crippen LogP contribution in [-0.2, 0) is 4.79 Å². The van der Waals surface area contributed by atoms with E-state index in [0.717, 1.165) is 0 Å². The number of carbonyl (C=O) groups excluding carboxylic acids is 2. The monoisotopic (exact) mass is 264 g/mol. The van der Waals surface area contributed by atoms with Crippen molar-refractivity contribution < 1.29 is 14.3 Å². The van der Waals surface area contributed by atoms with Gasteiger partial charge in [-0.3, -0.25) is 9.59 Å². The third kappa shape index (κ3) is 3.98. The number of ether oxygens (including phenoxy) is 1. The molecule has 0 aromatic heterocycles. The van der Waals surface area contributed by atoms with Gasteiger partial charge in [-0.05, 0) is 26.0 Å². The molecule has 5 heteroatoms. The summed E-state index contributed by atoms with van der Waals surface area (Å²) in [5.41, 5.74) is 0.428. The molecule has 0 saturated heterocycles. The van der Waals surface area contributed by atoms with Crippen LogP contribution in [0.1, 0.15) is 24.2 Å². The molecule has 0 bridgehead atoms. The van der Waals surface area contributed by atoms with E-state index in [1.807, 2.05) is 13.8 Å². The van der Waals surface area contributed by atoms with Crippen LogP contribution in [0.15, 0.2) is 24.3 Å². The number of benzene rings is 1. The molecule has 0 aliphatic carbocycles. The highest BCUT2D eigenvalue weighted by Crippen LogP contribution is 2.16. The Morgan fingerprint density at radius 3 is 2.42 bits per heavy atom. The zero-order valence-corrected chi connectivity index (χ0v) is 11.6. The maximum Gasteiger partial charge on any atom is 0.255 e. The normalized spacial score (nSPS) is 9.84. The molecule has 1 rings (SSSR count). The largest absolute Gasteiger partial charge is 0.496 e. The molecule has 1 aromatic carbocycles. The predicted octanol–water partition coefficient (Wildman–Crippen LogP) is 1.29. The molecule has 1 N–H and O–H groups in total. The van der Waals surface area contributed by atoms with Gasteiger partial charge in [0.25, 0.3) is 5.91 Å². The van der Waals surface area contributed by atoms with Gasteiger partial charge in [0.1, 0.15) is 5.75 Å². The first-order valence-electron chi connectivity index (χ1n) is 6.33. The van der Waals surface area contributed by atoms with Crippen LogP contribution in [0, 0.1) is 0 Å². The Balaban J connectivity index is 2.63. The van der Waals surface area contributed by atoms with E-state index >= 15 is 0 Å². The second-order valence-corrected chi connectivity index (χ2v) is 3.95. The summed E-state index contributed by atoms with van der Waals surface area (Å²) < 4.78 is 5.11. The average Bonchev–Trinajstić information content (AvgIpc) is 2.45. The summed E-state index contributed by atoms with van der Waals surface area (Å²) in [4.78, 5) is 25.4. The van der Waals surface area contributed by atoms with Crippen molar-refractivity contribution in [2.45, 2.75) is 13.8 Å². The number of likely N-dealkylation sites (N-methyl/N-ethyl adjacent to an activating group) is 1. The summed E-state index contributed by atoms with van der Waals surface area (Å²) in [7, 11) is 1.51. The molecule has 0 atom stereocenters. The van der Waals surface area contributed by atoms with Crippen LogP contribution < -0.4 is 10.1 Å². The van der Waals surface area contributed by atoms with Crippen molar-refractivity contribution in [1.82, 2.24) is 10.2 Å². The average molecular weight is 264 g/mol. The highest BCUT2D eigenvalue weighted by molar-refractivity contribution is 5.98. The van der Waals surface area contributed by atoms with Gasteiger partial charge in [0.2, 0.25) is 5.91 Å². The fourth-order valence-electron chi connectivity index (χ4n) is 1.77. The quantitative estimate of drug-likeness (QED) is 0.842. The second-order valence-electron chi connectivity index (χ2n) is 3.95. The lowest BCUT2D eigenvalue weighted by molar-refractivity contribution is -0.129. The summed E-state index contributed by atoms with van der Waals surface area (Å²) in [6.07, 6.45) is 0. The highest BCUT2D eigenvalue weighted by Gasteiger charge is 2.14. The first-order valence-corrected chi connectivity index (χ1v) is 6.33. The molecule has 104 valence electrons. The second kappa shape index (κ2) is 7.41. The van der Waals surface area contributed by atoms with E-state index in [9.17, 15) is 9.59 Å². The molecule has 1 aromatic rings. The number of nitrogens with zero attached hydrogens (tertiary/aromatic N) is 1. The van der Waals surface area contributed by atoms with Crippen LogP contribution in [0.4, 0.5) is 0 Å². The van der Waals surface area contributed by atoms with Crippen LogP contribution in [0.25, 0.3) is 0 Å². The number of amides is 2. The van der Waals surface area contributed by atoms with E-state index < -0.39 is 0 Å². The fourth-order valence-corrected chi connectivity index (χ4v) is 1.77. The van der Waals surface area contributed by atoms with Crippen LogP contribution in [0.5, 0.6) is 5.75 Å². The van der Waals surface area contributed by atoms with Gasteiger partial charge in [-0.15, -0.1) is 0 Å². The van der Waals surface area contributed by atoms with E-state index in [1.54, 1.807) is 29.2 Å².